The van der Waals surface area contributed by atoms with Gasteiger partial charge in [-0.25, -0.2) is 4.98 Å². The number of carbonyl (C=O) groups excluding carboxylic acids is 1. The van der Waals surface area contributed by atoms with Crippen LogP contribution >= 0.6 is 0 Å². The average Bonchev–Trinajstić information content (AvgIpc) is 2.84. The van der Waals surface area contributed by atoms with Crippen molar-refractivity contribution < 1.29 is 9.53 Å². The molecule has 8 nitrogen and oxygen atoms in total. The molecule has 0 saturated heterocycles. The number of hydrogen-bond acceptors (Lipinski definition) is 5. The van der Waals surface area contributed by atoms with Crippen molar-refractivity contribution in [2.24, 2.45) is 0 Å². The van der Waals surface area contributed by atoms with E-state index in [1.807, 2.05) is 30.3 Å². The van der Waals surface area contributed by atoms with Crippen LogP contribution in [0.15, 0.2) is 59.5 Å². The molecule has 2 N–H and O–H groups in total. The van der Waals surface area contributed by atoms with Crippen LogP contribution < -0.4 is 21.1 Å². The number of amides is 1. The summed E-state index contributed by atoms with van der Waals surface area (Å²) in [5.74, 6) is 0.334. The maximum atomic E-state index is 13.2. The zero-order chi connectivity index (χ0) is 23.4. The second-order valence-corrected chi connectivity index (χ2v) is 7.88. The van der Waals surface area contributed by atoms with Crippen LogP contribution in [0.5, 0.6) is 5.75 Å². The molecule has 3 aromatic heterocycles. The molecule has 0 radical (unpaired) electrons. The fraction of sp³-hybridized carbons (Fsp3) is 0.280. The van der Waals surface area contributed by atoms with Gasteiger partial charge in [0.15, 0.2) is 0 Å². The number of nitrogens with one attached hydrogen (secondary N) is 2. The van der Waals surface area contributed by atoms with Crippen molar-refractivity contribution in [2.75, 3.05) is 7.11 Å². The number of nitrogens with zero attached hydrogens (tertiary/aromatic N) is 3. The van der Waals surface area contributed by atoms with Crippen LogP contribution in [-0.2, 0) is 13.1 Å². The lowest BCUT2D eigenvalue weighted by molar-refractivity contribution is 0.0948. The summed E-state index contributed by atoms with van der Waals surface area (Å²) in [6.07, 6.45) is 4.49. The van der Waals surface area contributed by atoms with E-state index in [4.69, 9.17) is 10.1 Å². The Labute approximate surface area is 191 Å². The Morgan fingerprint density at radius 1 is 1.15 bits per heavy atom. The van der Waals surface area contributed by atoms with E-state index in [0.717, 1.165) is 30.6 Å². The first-order chi connectivity index (χ1) is 16.0. The Balaban J connectivity index is 1.76. The third kappa shape index (κ3) is 4.50. The van der Waals surface area contributed by atoms with Crippen molar-refractivity contribution in [3.63, 3.8) is 0 Å². The number of aryl methyl sites for hydroxylation is 1. The van der Waals surface area contributed by atoms with E-state index in [-0.39, 0.29) is 16.6 Å². The molecule has 0 aliphatic rings. The predicted octanol–water partition coefficient (Wildman–Crippen LogP) is 3.26. The van der Waals surface area contributed by atoms with Gasteiger partial charge in [0.25, 0.3) is 11.5 Å². The lowest BCUT2D eigenvalue weighted by Crippen LogP contribution is -2.34. The van der Waals surface area contributed by atoms with E-state index >= 15 is 0 Å². The summed E-state index contributed by atoms with van der Waals surface area (Å²) in [6, 6.07) is 14.2. The first-order valence-electron chi connectivity index (χ1n) is 11.0. The average molecular weight is 446 g/mol. The van der Waals surface area contributed by atoms with Gasteiger partial charge in [0, 0.05) is 19.3 Å². The summed E-state index contributed by atoms with van der Waals surface area (Å²) in [5, 5.41) is 11.9. The van der Waals surface area contributed by atoms with Gasteiger partial charge < -0.3 is 14.6 Å². The highest BCUT2D eigenvalue weighted by molar-refractivity contribution is 5.96. The number of ether oxygens (including phenoxy) is 1. The van der Waals surface area contributed by atoms with Gasteiger partial charge in [-0.15, -0.1) is 0 Å². The highest BCUT2D eigenvalue weighted by Crippen LogP contribution is 2.13. The van der Waals surface area contributed by atoms with Crippen molar-refractivity contribution in [1.29, 1.82) is 5.41 Å². The van der Waals surface area contributed by atoms with E-state index in [1.54, 1.807) is 30.0 Å². The minimum Gasteiger partial charge on any atom is -0.497 e. The van der Waals surface area contributed by atoms with Gasteiger partial charge in [0.05, 0.1) is 18.1 Å². The second kappa shape index (κ2) is 9.68. The molecule has 3 heterocycles. The highest BCUT2D eigenvalue weighted by Gasteiger charge is 2.17. The van der Waals surface area contributed by atoms with E-state index in [1.165, 1.54) is 10.5 Å². The number of unbranched alkanes of at least 4 members (excludes halogenated alkanes) is 2. The van der Waals surface area contributed by atoms with Crippen LogP contribution in [0.25, 0.3) is 16.7 Å². The molecular formula is C25H27N5O3. The quantitative estimate of drug-likeness (QED) is 0.321. The number of carbonyl (C=O) groups is 1. The molecule has 0 saturated carbocycles. The molecule has 1 aromatic carbocycles. The van der Waals surface area contributed by atoms with Crippen molar-refractivity contribution >= 4 is 22.6 Å². The summed E-state index contributed by atoms with van der Waals surface area (Å²) in [6.45, 7) is 2.91. The lowest BCUT2D eigenvalue weighted by Gasteiger charge is -2.15. The maximum absolute atomic E-state index is 13.2. The number of hydrogen-bond donors (Lipinski definition) is 2. The molecular weight excluding hydrogens is 418 g/mol. The zero-order valence-corrected chi connectivity index (χ0v) is 18.8. The number of benzene rings is 1. The van der Waals surface area contributed by atoms with Gasteiger partial charge in [-0.3, -0.25) is 19.4 Å². The van der Waals surface area contributed by atoms with Gasteiger partial charge in [-0.2, -0.15) is 0 Å². The number of pyridine rings is 2. The summed E-state index contributed by atoms with van der Waals surface area (Å²) < 4.78 is 8.31. The zero-order valence-electron chi connectivity index (χ0n) is 18.8. The van der Waals surface area contributed by atoms with E-state index < -0.39 is 5.91 Å². The summed E-state index contributed by atoms with van der Waals surface area (Å²) in [7, 11) is 1.60. The van der Waals surface area contributed by atoms with Gasteiger partial charge in [-0.05, 0) is 42.3 Å². The molecule has 0 atom stereocenters. The molecule has 0 aliphatic heterocycles. The first-order valence-corrected chi connectivity index (χ1v) is 11.0. The molecule has 0 aliphatic carbocycles. The number of fused-ring (bicyclic) bond motifs is 2. The normalized spacial score (nSPS) is 11.1. The number of aromatic nitrogens is 3. The molecule has 0 spiro atoms. The van der Waals surface area contributed by atoms with Gasteiger partial charge in [0.2, 0.25) is 0 Å². The largest absolute Gasteiger partial charge is 0.497 e. The number of rotatable bonds is 8. The Bertz CT molecular complexity index is 1420. The number of methoxy groups -OCH3 is 1. The van der Waals surface area contributed by atoms with Gasteiger partial charge in [0.1, 0.15) is 22.5 Å². The maximum Gasteiger partial charge on any atom is 0.267 e. The Morgan fingerprint density at radius 3 is 2.67 bits per heavy atom. The fourth-order valence-electron chi connectivity index (χ4n) is 3.82. The summed E-state index contributed by atoms with van der Waals surface area (Å²) in [4.78, 5) is 30.9. The standard InChI is InChI=1S/C25H27N5O3/c1-3-4-6-14-30-22(26)19(24(31)27-16-17-9-11-18(33-2)12-10-17)15-20-23(30)28-21-8-5-7-13-29(21)25(20)32/h5,7-13,15,26H,3-4,6,14,16H2,1-2H3,(H,27,31). The van der Waals surface area contributed by atoms with Crippen LogP contribution in [-0.4, -0.2) is 27.0 Å². The van der Waals surface area contributed by atoms with Gasteiger partial charge >= 0.3 is 0 Å². The lowest BCUT2D eigenvalue weighted by atomic mass is 10.1. The Hall–Kier alpha value is -3.94. The van der Waals surface area contributed by atoms with Crippen molar-refractivity contribution in [2.45, 2.75) is 39.3 Å². The minimum absolute atomic E-state index is 0.0537. The molecule has 170 valence electrons. The van der Waals surface area contributed by atoms with Crippen LogP contribution in [0, 0.1) is 5.41 Å². The van der Waals surface area contributed by atoms with Crippen molar-refractivity contribution in [3.05, 3.63) is 81.7 Å². The molecule has 0 bridgehead atoms. The van der Waals surface area contributed by atoms with Crippen LogP contribution in [0.3, 0.4) is 0 Å². The fourth-order valence-corrected chi connectivity index (χ4v) is 3.82. The summed E-state index contributed by atoms with van der Waals surface area (Å²) in [5.41, 5.74) is 1.79. The van der Waals surface area contributed by atoms with Crippen LogP contribution in [0.4, 0.5) is 0 Å². The smallest absolute Gasteiger partial charge is 0.267 e. The molecule has 33 heavy (non-hydrogen) atoms. The van der Waals surface area contributed by atoms with Crippen molar-refractivity contribution in [1.82, 2.24) is 19.3 Å². The van der Waals surface area contributed by atoms with Crippen LogP contribution in [0.2, 0.25) is 0 Å². The first kappa shape index (κ1) is 22.3. The SMILES string of the molecule is CCCCCn1c(=N)c(C(=O)NCc2ccc(OC)cc2)cc2c(=O)n3ccccc3nc21. The topological polar surface area (TPSA) is 101 Å². The molecule has 1 amide bonds. The molecule has 0 fully saturated rings. The molecule has 4 aromatic rings. The second-order valence-electron chi connectivity index (χ2n) is 7.88. The third-order valence-electron chi connectivity index (χ3n) is 5.66. The molecule has 0 unspecified atom stereocenters. The highest BCUT2D eigenvalue weighted by atomic mass is 16.5. The monoisotopic (exact) mass is 445 g/mol. The molecule has 8 heteroatoms. The Morgan fingerprint density at radius 2 is 1.94 bits per heavy atom. The van der Waals surface area contributed by atoms with E-state index in [2.05, 4.69) is 17.2 Å². The van der Waals surface area contributed by atoms with Crippen molar-refractivity contribution in [3.8, 4) is 5.75 Å². The molecule has 4 rings (SSSR count). The van der Waals surface area contributed by atoms with Crippen LogP contribution in [0.1, 0.15) is 42.1 Å². The van der Waals surface area contributed by atoms with E-state index in [0.29, 0.717) is 29.8 Å². The van der Waals surface area contributed by atoms with Gasteiger partial charge in [-0.1, -0.05) is 38.0 Å². The Kier molecular flexibility index (Phi) is 6.53. The third-order valence-corrected chi connectivity index (χ3v) is 5.66. The predicted molar refractivity (Wildman–Crippen MR) is 127 cm³/mol. The minimum atomic E-state index is -0.403. The summed E-state index contributed by atoms with van der Waals surface area (Å²) >= 11 is 0. The van der Waals surface area contributed by atoms with E-state index in [9.17, 15) is 9.59 Å².